The third-order valence-electron chi connectivity index (χ3n) is 9.92. The Morgan fingerprint density at radius 1 is 0.714 bits per heavy atom. The Morgan fingerprint density at radius 3 is 1.59 bits per heavy atom. The lowest BCUT2D eigenvalue weighted by Gasteiger charge is -2.27. The van der Waals surface area contributed by atoms with Crippen LogP contribution in [0.25, 0.3) is 0 Å². The lowest BCUT2D eigenvalue weighted by atomic mass is 9.96. The quantitative estimate of drug-likeness (QED) is 0.124. The number of carbonyl (C=O) groups excluding carboxylic acids is 4. The largest absolute Gasteiger partial charge is 0.505 e. The summed E-state index contributed by atoms with van der Waals surface area (Å²) in [6, 6.07) is 7.62. The number of phenols is 1. The Hall–Kier alpha value is -4.32. The smallest absolute Gasteiger partial charge is 0.324 e. The number of benzene rings is 2. The number of unbranched alkanes of at least 4 members (excludes halogenated alkanes) is 4. The normalized spacial score (nSPS) is 17.2. The zero-order valence-electron chi connectivity index (χ0n) is 31.8. The second-order valence-corrected chi connectivity index (χ2v) is 19.2. The first-order valence-corrected chi connectivity index (χ1v) is 22.6. The molecule has 1 saturated carbocycles. The van der Waals surface area contributed by atoms with Crippen molar-refractivity contribution >= 4 is 43.6 Å². The number of sulfone groups is 2. The number of hydrogen-bond donors (Lipinski definition) is 3. The van der Waals surface area contributed by atoms with Gasteiger partial charge in [0, 0.05) is 13.1 Å². The van der Waals surface area contributed by atoms with Crippen LogP contribution >= 0.6 is 0 Å². The number of hydrogen-bond acceptors (Lipinski definition) is 10. The van der Waals surface area contributed by atoms with Gasteiger partial charge in [-0.15, -0.1) is 0 Å². The number of nitrogens with one attached hydrogen (secondary N) is 2. The van der Waals surface area contributed by atoms with E-state index in [1.54, 1.807) is 19.1 Å². The first kappa shape index (κ1) is 44.4. The van der Waals surface area contributed by atoms with Crippen molar-refractivity contribution in [2.75, 3.05) is 49.2 Å². The Bertz CT molecular complexity index is 1940. The first-order chi connectivity index (χ1) is 26.4. The minimum absolute atomic E-state index is 0.00939. The van der Waals surface area contributed by atoms with Crippen molar-refractivity contribution in [3.63, 3.8) is 0 Å². The minimum atomic E-state index is -3.29. The summed E-state index contributed by atoms with van der Waals surface area (Å²) in [4.78, 5) is 47.8. The van der Waals surface area contributed by atoms with Gasteiger partial charge in [0.25, 0.3) is 0 Å². The number of aromatic hydroxyl groups is 1. The molecule has 3 aliphatic rings. The summed E-state index contributed by atoms with van der Waals surface area (Å²) in [7, 11) is -6.56. The van der Waals surface area contributed by atoms with E-state index in [4.69, 9.17) is 4.74 Å². The van der Waals surface area contributed by atoms with Crippen molar-refractivity contribution in [3.8, 4) is 11.5 Å². The molecule has 3 fully saturated rings. The number of amides is 6. The van der Waals surface area contributed by atoms with E-state index in [0.717, 1.165) is 30.9 Å². The zero-order chi connectivity index (χ0) is 41.0. The van der Waals surface area contributed by atoms with Crippen LogP contribution < -0.4 is 15.4 Å². The highest BCUT2D eigenvalue weighted by molar-refractivity contribution is 7.91. The number of ether oxygens (including phenoxy) is 1. The highest BCUT2D eigenvalue weighted by Crippen LogP contribution is 2.30. The fourth-order valence-corrected chi connectivity index (χ4v) is 10.0. The molecule has 2 atom stereocenters. The van der Waals surface area contributed by atoms with Crippen molar-refractivity contribution in [1.29, 1.82) is 0 Å². The number of carbonyl (C=O) groups is 4. The van der Waals surface area contributed by atoms with E-state index in [1.807, 2.05) is 6.92 Å². The molecule has 0 spiro atoms. The average molecular weight is 827 g/mol. The molecule has 0 bridgehead atoms. The second-order valence-electron chi connectivity index (χ2n) is 14.8. The van der Waals surface area contributed by atoms with Gasteiger partial charge >= 0.3 is 12.1 Å². The molecule has 2 aliphatic heterocycles. The van der Waals surface area contributed by atoms with E-state index in [2.05, 4.69) is 10.6 Å². The van der Waals surface area contributed by atoms with Crippen LogP contribution in [0.2, 0.25) is 0 Å². The number of phenolic OH excluding ortho intramolecular Hbond substituents is 1. The SMILES string of the molecule is C[C@@H](CS(=O)(=O)CCCCCN1CC(=O)NC1=O)c1ccc(F)c(O)c1.C[C@@H](CS(=O)(=O)CCCCCN1CC(=O)NC1=O)c1ccc(F)c(OC2CCC2)c1. The number of nitrogens with zero attached hydrogens (tertiary/aromatic N) is 2. The van der Waals surface area contributed by atoms with E-state index in [9.17, 15) is 49.9 Å². The van der Waals surface area contributed by atoms with Gasteiger partial charge in [0.1, 0.15) is 13.1 Å². The van der Waals surface area contributed by atoms with Crippen LogP contribution in [0.15, 0.2) is 36.4 Å². The Morgan fingerprint density at radius 2 is 1.18 bits per heavy atom. The molecule has 6 amide bonds. The van der Waals surface area contributed by atoms with E-state index in [-0.39, 0.29) is 77.6 Å². The second kappa shape index (κ2) is 20.2. The fraction of sp³-hybridized carbons (Fsp3) is 0.579. The Balaban J connectivity index is 0.000000251. The van der Waals surface area contributed by atoms with Gasteiger partial charge in [0.2, 0.25) is 11.8 Å². The Labute approximate surface area is 327 Å². The molecule has 5 rings (SSSR count). The average Bonchev–Trinajstić information content (AvgIpc) is 3.60. The molecule has 2 heterocycles. The molecule has 1 aliphatic carbocycles. The summed E-state index contributed by atoms with van der Waals surface area (Å²) < 4.78 is 82.2. The van der Waals surface area contributed by atoms with E-state index in [0.29, 0.717) is 57.2 Å². The van der Waals surface area contributed by atoms with Crippen molar-refractivity contribution < 1.29 is 54.6 Å². The maximum absolute atomic E-state index is 14.0. The summed E-state index contributed by atoms with van der Waals surface area (Å²) in [5.74, 6) is -2.70. The van der Waals surface area contributed by atoms with Gasteiger partial charge in [-0.1, -0.05) is 38.8 Å². The van der Waals surface area contributed by atoms with Crippen LogP contribution in [0, 0.1) is 11.6 Å². The maximum Gasteiger partial charge on any atom is 0.324 e. The Kier molecular flexibility index (Phi) is 16.0. The van der Waals surface area contributed by atoms with Gasteiger partial charge < -0.3 is 19.6 Å². The minimum Gasteiger partial charge on any atom is -0.505 e. The standard InChI is InChI=1S/C21H29FN2O5S.C17H23FN2O5S/c1-15(16-8-9-18(22)19(12-16)29-17-6-5-7-17)14-30(27,28)11-4-2-3-10-24-13-20(25)23-21(24)26;1-12(13-5-6-14(18)15(21)9-13)11-26(24,25)8-4-2-3-7-20-10-16(22)19-17(20)23/h8-9,12,15,17H,2-7,10-11,13-14H2,1H3,(H,23,25,26);5-6,9,12,21H,2-4,7-8,10-11H2,1H3,(H,19,22,23)/t15-;12-/m00/s1. The predicted octanol–water partition coefficient (Wildman–Crippen LogP) is 4.77. The van der Waals surface area contributed by atoms with Gasteiger partial charge in [-0.25, -0.2) is 35.2 Å². The van der Waals surface area contributed by atoms with Crippen LogP contribution in [0.5, 0.6) is 11.5 Å². The molecule has 14 nitrogen and oxygen atoms in total. The summed E-state index contributed by atoms with van der Waals surface area (Å²) in [6.45, 7) is 4.52. The lowest BCUT2D eigenvalue weighted by Crippen LogP contribution is -2.29. The monoisotopic (exact) mass is 826 g/mol. The van der Waals surface area contributed by atoms with E-state index >= 15 is 0 Å². The number of rotatable bonds is 20. The highest BCUT2D eigenvalue weighted by atomic mass is 32.2. The maximum atomic E-state index is 14.0. The predicted molar refractivity (Wildman–Crippen MR) is 205 cm³/mol. The molecule has 0 unspecified atom stereocenters. The van der Waals surface area contributed by atoms with Crippen molar-refractivity contribution in [1.82, 2.24) is 20.4 Å². The van der Waals surface area contributed by atoms with Gasteiger partial charge in [-0.3, -0.25) is 20.2 Å². The van der Waals surface area contributed by atoms with E-state index in [1.165, 1.54) is 28.0 Å². The summed E-state index contributed by atoms with van der Waals surface area (Å²) in [6.07, 6.45) is 6.50. The molecule has 56 heavy (non-hydrogen) atoms. The van der Waals surface area contributed by atoms with Crippen molar-refractivity contribution in [3.05, 3.63) is 59.2 Å². The molecule has 2 aromatic rings. The fourth-order valence-electron chi connectivity index (χ4n) is 6.47. The summed E-state index contributed by atoms with van der Waals surface area (Å²) in [5.41, 5.74) is 1.32. The van der Waals surface area contributed by atoms with Gasteiger partial charge in [0.15, 0.2) is 42.8 Å². The van der Waals surface area contributed by atoms with Crippen LogP contribution in [-0.4, -0.2) is 111 Å². The van der Waals surface area contributed by atoms with Crippen LogP contribution in [-0.2, 0) is 29.3 Å². The molecule has 2 saturated heterocycles. The highest BCUT2D eigenvalue weighted by Gasteiger charge is 2.27. The molecule has 3 N–H and O–H groups in total. The van der Waals surface area contributed by atoms with Gasteiger partial charge in [-0.2, -0.15) is 0 Å². The van der Waals surface area contributed by atoms with Gasteiger partial charge in [0.05, 0.1) is 29.1 Å². The molecular weight excluding hydrogens is 775 g/mol. The molecule has 0 radical (unpaired) electrons. The van der Waals surface area contributed by atoms with Crippen LogP contribution in [0.3, 0.4) is 0 Å². The summed E-state index contributed by atoms with van der Waals surface area (Å²) >= 11 is 0. The molecule has 18 heteroatoms. The van der Waals surface area contributed by atoms with Crippen molar-refractivity contribution in [2.24, 2.45) is 0 Å². The third-order valence-corrected chi connectivity index (χ3v) is 13.8. The number of urea groups is 2. The zero-order valence-corrected chi connectivity index (χ0v) is 33.4. The molecule has 2 aromatic carbocycles. The van der Waals surface area contributed by atoms with Crippen LogP contribution in [0.4, 0.5) is 18.4 Å². The molecule has 310 valence electrons. The number of imide groups is 2. The number of halogens is 2. The summed E-state index contributed by atoms with van der Waals surface area (Å²) in [5, 5.41) is 13.8. The van der Waals surface area contributed by atoms with Gasteiger partial charge in [-0.05, 0) is 92.2 Å². The third kappa shape index (κ3) is 14.0. The lowest BCUT2D eigenvalue weighted by molar-refractivity contribution is -0.119. The van der Waals surface area contributed by atoms with Crippen LogP contribution in [0.1, 0.15) is 94.6 Å². The van der Waals surface area contributed by atoms with Crippen molar-refractivity contribution in [2.45, 2.75) is 89.6 Å². The topological polar surface area (TPSA) is 197 Å². The molecular formula is C38H52F2N4O10S2. The van der Waals surface area contributed by atoms with E-state index < -0.39 is 43.1 Å². The molecule has 0 aromatic heterocycles. The first-order valence-electron chi connectivity index (χ1n) is 18.9.